The Hall–Kier alpha value is -1.65. The van der Waals surface area contributed by atoms with Crippen LogP contribution in [0.4, 0.5) is 0 Å². The van der Waals surface area contributed by atoms with Gasteiger partial charge in [0, 0.05) is 31.1 Å². The van der Waals surface area contributed by atoms with Gasteiger partial charge in [-0.1, -0.05) is 25.1 Å². The highest BCUT2D eigenvalue weighted by Gasteiger charge is 2.58. The molecular weight excluding hydrogens is 348 g/mol. The van der Waals surface area contributed by atoms with Gasteiger partial charge in [-0.3, -0.25) is 4.79 Å². The highest BCUT2D eigenvalue weighted by Crippen LogP contribution is 2.65. The molecule has 3 fully saturated rings. The molecule has 2 saturated carbocycles. The number of likely N-dealkylation sites (tertiary alicyclic amines) is 1. The zero-order valence-corrected chi connectivity index (χ0v) is 17.6. The molecule has 1 amide bonds. The monoisotopic (exact) mass is 382 g/mol. The fourth-order valence-electron chi connectivity index (χ4n) is 7.76. The fourth-order valence-corrected chi connectivity index (χ4v) is 7.76. The predicted octanol–water partition coefficient (Wildman–Crippen LogP) is 4.23. The molecule has 5 nitrogen and oxygen atoms in total. The maximum atomic E-state index is 12.1. The molecule has 3 aliphatic carbocycles. The molecule has 0 N–H and O–H groups in total. The first-order chi connectivity index (χ1) is 13.4. The van der Waals surface area contributed by atoms with Crippen LogP contribution >= 0.6 is 0 Å². The third kappa shape index (κ3) is 2.54. The minimum Gasteiger partial charge on any atom is -0.343 e. The zero-order chi connectivity index (χ0) is 19.5. The number of nitrogens with zero attached hydrogens (tertiary/aromatic N) is 4. The first-order valence-corrected chi connectivity index (χ1v) is 11.3. The summed E-state index contributed by atoms with van der Waals surface area (Å²) < 4.78 is 2.02. The number of rotatable bonds is 1. The Bertz CT molecular complexity index is 787. The van der Waals surface area contributed by atoms with E-state index in [-0.39, 0.29) is 11.3 Å². The van der Waals surface area contributed by atoms with Gasteiger partial charge in [0.05, 0.1) is 12.4 Å². The molecule has 0 aromatic carbocycles. The van der Waals surface area contributed by atoms with Crippen molar-refractivity contribution in [2.24, 2.45) is 34.5 Å². The minimum atomic E-state index is 0.230. The van der Waals surface area contributed by atoms with Crippen molar-refractivity contribution in [3.05, 3.63) is 18.5 Å². The predicted molar refractivity (Wildman–Crippen MR) is 109 cm³/mol. The quantitative estimate of drug-likeness (QED) is 0.730. The Morgan fingerprint density at radius 1 is 1.18 bits per heavy atom. The number of hydrogen-bond donors (Lipinski definition) is 0. The number of fused-ring (bicyclic) bond motifs is 5. The van der Waals surface area contributed by atoms with Crippen molar-refractivity contribution in [3.8, 4) is 0 Å². The van der Waals surface area contributed by atoms with Crippen molar-refractivity contribution >= 4 is 11.6 Å². The van der Waals surface area contributed by atoms with Crippen LogP contribution in [-0.4, -0.2) is 38.9 Å². The first kappa shape index (κ1) is 18.4. The summed E-state index contributed by atoms with van der Waals surface area (Å²) in [4.78, 5) is 14.2. The highest BCUT2D eigenvalue weighted by molar-refractivity contribution is 5.73. The second-order valence-electron chi connectivity index (χ2n) is 10.4. The Balaban J connectivity index is 1.42. The summed E-state index contributed by atoms with van der Waals surface area (Å²) in [5, 5.41) is 8.37. The van der Waals surface area contributed by atoms with E-state index < -0.39 is 0 Å². The number of amides is 1. The molecule has 0 radical (unpaired) electrons. The van der Waals surface area contributed by atoms with Crippen molar-refractivity contribution in [1.29, 1.82) is 0 Å². The van der Waals surface area contributed by atoms with Gasteiger partial charge in [0.15, 0.2) is 0 Å². The van der Waals surface area contributed by atoms with Crippen molar-refractivity contribution in [1.82, 2.24) is 19.9 Å². The molecule has 2 heterocycles. The lowest BCUT2D eigenvalue weighted by atomic mass is 9.47. The lowest BCUT2D eigenvalue weighted by molar-refractivity contribution is -0.131. The van der Waals surface area contributed by atoms with Gasteiger partial charge >= 0.3 is 0 Å². The summed E-state index contributed by atoms with van der Waals surface area (Å²) in [6, 6.07) is 0. The summed E-state index contributed by atoms with van der Waals surface area (Å²) in [5.41, 5.74) is 2.00. The highest BCUT2D eigenvalue weighted by atomic mass is 16.2. The van der Waals surface area contributed by atoms with Crippen molar-refractivity contribution in [3.63, 3.8) is 0 Å². The van der Waals surface area contributed by atoms with Crippen molar-refractivity contribution in [2.45, 2.75) is 65.7 Å². The fraction of sp³-hybridized carbons (Fsp3) is 0.783. The van der Waals surface area contributed by atoms with E-state index in [0.29, 0.717) is 11.3 Å². The van der Waals surface area contributed by atoms with Crippen LogP contribution in [0.25, 0.3) is 5.70 Å². The molecule has 1 aromatic heterocycles. The topological polar surface area (TPSA) is 51.0 Å². The number of hydrogen-bond acceptors (Lipinski definition) is 3. The van der Waals surface area contributed by atoms with Crippen LogP contribution in [0, 0.1) is 34.5 Å². The maximum Gasteiger partial charge on any atom is 0.219 e. The van der Waals surface area contributed by atoms with E-state index >= 15 is 0 Å². The standard InChI is InChI=1S/C23H34N4O/c1-16(28)26-13-4-10-22(2)17(15-26)5-6-18-19-7-8-21(27-14-12-24-25-27)23(19,3)11-9-20(18)22/h8,12,14,17-20H,4-7,9-11,13,15H2,1-3H3/t17-,18-,19-,20-,22-,23-/m0/s1. The molecule has 0 unspecified atom stereocenters. The van der Waals surface area contributed by atoms with Crippen LogP contribution in [0.5, 0.6) is 0 Å². The van der Waals surface area contributed by atoms with Gasteiger partial charge in [0.1, 0.15) is 0 Å². The van der Waals surface area contributed by atoms with Gasteiger partial charge in [0.2, 0.25) is 5.91 Å². The molecule has 0 bridgehead atoms. The van der Waals surface area contributed by atoms with Crippen LogP contribution in [-0.2, 0) is 4.79 Å². The molecule has 1 aliphatic heterocycles. The minimum absolute atomic E-state index is 0.230. The van der Waals surface area contributed by atoms with Gasteiger partial charge in [0.25, 0.3) is 0 Å². The smallest absolute Gasteiger partial charge is 0.219 e. The molecule has 1 aromatic rings. The SMILES string of the molecule is CC(=O)N1CCC[C@@]2(C)[C@@H](CC[C@@H]3[C@@H]2CC[C@]2(C)C(n4ccnn4)=CC[C@@H]32)C1. The van der Waals surface area contributed by atoms with Crippen LogP contribution in [0.2, 0.25) is 0 Å². The lowest BCUT2D eigenvalue weighted by Crippen LogP contribution is -2.52. The first-order valence-electron chi connectivity index (χ1n) is 11.3. The molecule has 1 saturated heterocycles. The van der Waals surface area contributed by atoms with Crippen molar-refractivity contribution in [2.75, 3.05) is 13.1 Å². The van der Waals surface area contributed by atoms with Gasteiger partial charge in [-0.25, -0.2) is 4.68 Å². The Kier molecular flexibility index (Phi) is 4.22. The molecule has 4 aliphatic rings. The third-order valence-corrected chi connectivity index (χ3v) is 9.30. The molecule has 0 spiro atoms. The summed E-state index contributed by atoms with van der Waals surface area (Å²) in [7, 11) is 0. The molecule has 6 atom stereocenters. The van der Waals surface area contributed by atoms with E-state index in [9.17, 15) is 4.79 Å². The van der Waals surface area contributed by atoms with E-state index in [4.69, 9.17) is 0 Å². The van der Waals surface area contributed by atoms with Crippen LogP contribution in [0.3, 0.4) is 0 Å². The normalized spacial score (nSPS) is 42.8. The van der Waals surface area contributed by atoms with Crippen LogP contribution in [0.15, 0.2) is 18.5 Å². The van der Waals surface area contributed by atoms with E-state index in [1.807, 2.05) is 10.9 Å². The number of carbonyl (C=O) groups is 1. The van der Waals surface area contributed by atoms with E-state index in [1.54, 1.807) is 13.1 Å². The average Bonchev–Trinajstić information content (AvgIpc) is 3.25. The van der Waals surface area contributed by atoms with Gasteiger partial charge in [-0.15, -0.1) is 5.10 Å². The molecule has 152 valence electrons. The molecule has 5 heteroatoms. The summed E-state index contributed by atoms with van der Waals surface area (Å²) in [5.74, 6) is 3.28. The van der Waals surface area contributed by atoms with E-state index in [1.165, 1.54) is 50.6 Å². The Morgan fingerprint density at radius 3 is 2.79 bits per heavy atom. The van der Waals surface area contributed by atoms with Crippen molar-refractivity contribution < 1.29 is 4.79 Å². The average molecular weight is 383 g/mol. The molecular formula is C23H34N4O. The van der Waals surface area contributed by atoms with Gasteiger partial charge in [-0.05, 0) is 74.0 Å². The van der Waals surface area contributed by atoms with Gasteiger partial charge < -0.3 is 4.90 Å². The number of carbonyl (C=O) groups excluding carboxylic acids is 1. The number of aromatic nitrogens is 3. The summed E-state index contributed by atoms with van der Waals surface area (Å²) in [6.45, 7) is 8.74. The third-order valence-electron chi connectivity index (χ3n) is 9.30. The van der Waals surface area contributed by atoms with E-state index in [2.05, 4.69) is 35.1 Å². The van der Waals surface area contributed by atoms with Crippen LogP contribution in [0.1, 0.15) is 65.7 Å². The summed E-state index contributed by atoms with van der Waals surface area (Å²) >= 11 is 0. The van der Waals surface area contributed by atoms with Crippen LogP contribution < -0.4 is 0 Å². The Labute approximate surface area is 168 Å². The van der Waals surface area contributed by atoms with Gasteiger partial charge in [-0.2, -0.15) is 0 Å². The lowest BCUT2D eigenvalue weighted by Gasteiger charge is -2.58. The Morgan fingerprint density at radius 2 is 2.04 bits per heavy atom. The number of allylic oxidation sites excluding steroid dienone is 2. The summed E-state index contributed by atoms with van der Waals surface area (Å²) in [6.07, 6.45) is 15.1. The molecule has 5 rings (SSSR count). The zero-order valence-electron chi connectivity index (χ0n) is 17.6. The second-order valence-corrected chi connectivity index (χ2v) is 10.4. The largest absolute Gasteiger partial charge is 0.343 e. The molecule has 28 heavy (non-hydrogen) atoms. The van der Waals surface area contributed by atoms with E-state index in [0.717, 1.165) is 30.8 Å². The maximum absolute atomic E-state index is 12.1. The second kappa shape index (κ2) is 6.43.